The van der Waals surface area contributed by atoms with E-state index in [2.05, 4.69) is 33.2 Å². The van der Waals surface area contributed by atoms with Crippen LogP contribution in [0.15, 0.2) is 24.5 Å². The van der Waals surface area contributed by atoms with Crippen LogP contribution in [0.25, 0.3) is 10.9 Å². The first kappa shape index (κ1) is 15.4. The molecule has 2 aromatic rings. The van der Waals surface area contributed by atoms with Gasteiger partial charge in [0.2, 0.25) is 5.91 Å². The fraction of sp³-hybridized carbons (Fsp3) is 0.526. The van der Waals surface area contributed by atoms with Crippen LogP contribution >= 0.6 is 0 Å². The van der Waals surface area contributed by atoms with Gasteiger partial charge in [0, 0.05) is 25.0 Å². The van der Waals surface area contributed by atoms with Crippen molar-refractivity contribution in [2.45, 2.75) is 32.6 Å². The van der Waals surface area contributed by atoms with Crippen molar-refractivity contribution in [1.29, 1.82) is 0 Å². The molecule has 5 heteroatoms. The molecule has 1 aliphatic heterocycles. The van der Waals surface area contributed by atoms with Crippen LogP contribution in [0.4, 0.5) is 5.82 Å². The zero-order valence-electron chi connectivity index (χ0n) is 14.2. The number of piperidine rings is 1. The van der Waals surface area contributed by atoms with Gasteiger partial charge in [0.15, 0.2) is 0 Å². The number of nitrogens with zero attached hydrogens (tertiary/aromatic N) is 3. The molecule has 2 fully saturated rings. The maximum atomic E-state index is 12.5. The van der Waals surface area contributed by atoms with Crippen LogP contribution in [0.1, 0.15) is 31.2 Å². The molecule has 24 heavy (non-hydrogen) atoms. The fourth-order valence-electron chi connectivity index (χ4n) is 3.60. The number of hydrogen-bond acceptors (Lipinski definition) is 4. The Morgan fingerprint density at radius 2 is 2.17 bits per heavy atom. The predicted octanol–water partition coefficient (Wildman–Crippen LogP) is 2.68. The summed E-state index contributed by atoms with van der Waals surface area (Å²) in [4.78, 5) is 23.7. The zero-order chi connectivity index (χ0) is 16.5. The predicted molar refractivity (Wildman–Crippen MR) is 94.9 cm³/mol. The molecule has 2 aliphatic rings. The van der Waals surface area contributed by atoms with Gasteiger partial charge in [0.1, 0.15) is 12.1 Å². The number of carbonyl (C=O) groups excluding carboxylic acids is 1. The van der Waals surface area contributed by atoms with E-state index in [0.29, 0.717) is 0 Å². The minimum absolute atomic E-state index is 0.0616. The maximum absolute atomic E-state index is 12.5. The van der Waals surface area contributed by atoms with E-state index in [1.807, 2.05) is 12.1 Å². The number of anilines is 1. The average molecular weight is 324 g/mol. The topological polar surface area (TPSA) is 58.1 Å². The summed E-state index contributed by atoms with van der Waals surface area (Å²) in [5.41, 5.74) is 2.16. The molecule has 0 spiro atoms. The van der Waals surface area contributed by atoms with Gasteiger partial charge < -0.3 is 10.2 Å². The van der Waals surface area contributed by atoms with Gasteiger partial charge in [-0.3, -0.25) is 4.79 Å². The lowest BCUT2D eigenvalue weighted by molar-refractivity contribution is -0.125. The molecule has 126 valence electrons. The number of rotatable bonds is 4. The molecule has 0 unspecified atom stereocenters. The van der Waals surface area contributed by atoms with Crippen molar-refractivity contribution < 1.29 is 4.79 Å². The standard InChI is InChI=1S/C19H24N4O/c1-13-4-2-6-16-17(13)18(22-12-21-16)23-9-3-5-15(11-23)19(24)20-10-14-7-8-14/h2,4,6,12,14-15H,3,5,7-11H2,1H3,(H,20,24)/t15-/m1/s1. The summed E-state index contributed by atoms with van der Waals surface area (Å²) in [5.74, 6) is 1.97. The van der Waals surface area contributed by atoms with Gasteiger partial charge in [-0.25, -0.2) is 9.97 Å². The van der Waals surface area contributed by atoms with E-state index >= 15 is 0 Å². The SMILES string of the molecule is Cc1cccc2ncnc(N3CCC[C@@H](C(=O)NCC4CC4)C3)c12. The molecule has 1 saturated carbocycles. The van der Waals surface area contributed by atoms with Gasteiger partial charge in [0.25, 0.3) is 0 Å². The van der Waals surface area contributed by atoms with Crippen LogP contribution < -0.4 is 10.2 Å². The molecule has 1 atom stereocenters. The van der Waals surface area contributed by atoms with E-state index in [4.69, 9.17) is 0 Å². The third kappa shape index (κ3) is 3.07. The van der Waals surface area contributed by atoms with E-state index in [1.54, 1.807) is 6.33 Å². The second kappa shape index (κ2) is 6.38. The number of nitrogens with one attached hydrogen (secondary N) is 1. The molecule has 2 heterocycles. The van der Waals surface area contributed by atoms with Crippen molar-refractivity contribution in [2.75, 3.05) is 24.5 Å². The highest BCUT2D eigenvalue weighted by Crippen LogP contribution is 2.30. The van der Waals surface area contributed by atoms with Crippen molar-refractivity contribution in [3.05, 3.63) is 30.1 Å². The van der Waals surface area contributed by atoms with Crippen LogP contribution in [0.3, 0.4) is 0 Å². The van der Waals surface area contributed by atoms with Crippen LogP contribution in [-0.2, 0) is 4.79 Å². The van der Waals surface area contributed by atoms with E-state index in [-0.39, 0.29) is 11.8 Å². The number of aromatic nitrogens is 2. The van der Waals surface area contributed by atoms with Crippen LogP contribution in [0.5, 0.6) is 0 Å². The molecule has 1 saturated heterocycles. The zero-order valence-corrected chi connectivity index (χ0v) is 14.2. The average Bonchev–Trinajstić information content (AvgIpc) is 3.44. The van der Waals surface area contributed by atoms with Crippen molar-refractivity contribution in [2.24, 2.45) is 11.8 Å². The van der Waals surface area contributed by atoms with Crippen LogP contribution in [0.2, 0.25) is 0 Å². The van der Waals surface area contributed by atoms with Crippen LogP contribution in [0, 0.1) is 18.8 Å². The largest absolute Gasteiger partial charge is 0.356 e. The second-order valence-corrected chi connectivity index (χ2v) is 7.14. The quantitative estimate of drug-likeness (QED) is 0.939. The van der Waals surface area contributed by atoms with Gasteiger partial charge in [-0.1, -0.05) is 12.1 Å². The molecule has 5 nitrogen and oxygen atoms in total. The minimum atomic E-state index is 0.0616. The number of fused-ring (bicyclic) bond motifs is 1. The Labute approximate surface area is 142 Å². The van der Waals surface area contributed by atoms with Gasteiger partial charge in [-0.05, 0) is 50.2 Å². The first-order chi connectivity index (χ1) is 11.7. The lowest BCUT2D eigenvalue weighted by Gasteiger charge is -2.33. The first-order valence-corrected chi connectivity index (χ1v) is 8.95. The second-order valence-electron chi connectivity index (χ2n) is 7.14. The highest BCUT2D eigenvalue weighted by Gasteiger charge is 2.29. The molecule has 1 aliphatic carbocycles. The Balaban J connectivity index is 1.54. The Morgan fingerprint density at radius 3 is 3.00 bits per heavy atom. The maximum Gasteiger partial charge on any atom is 0.224 e. The Kier molecular flexibility index (Phi) is 4.08. The molecule has 0 bridgehead atoms. The number of aryl methyl sites for hydroxylation is 1. The normalized spacial score (nSPS) is 21.0. The lowest BCUT2D eigenvalue weighted by Crippen LogP contribution is -2.44. The minimum Gasteiger partial charge on any atom is -0.356 e. The van der Waals surface area contributed by atoms with E-state index in [0.717, 1.165) is 55.1 Å². The summed E-state index contributed by atoms with van der Waals surface area (Å²) in [6.45, 7) is 4.65. The number of benzene rings is 1. The van der Waals surface area contributed by atoms with Crippen molar-refractivity contribution >= 4 is 22.6 Å². The van der Waals surface area contributed by atoms with Gasteiger partial charge >= 0.3 is 0 Å². The molecule has 4 rings (SSSR count). The lowest BCUT2D eigenvalue weighted by atomic mass is 9.96. The van der Waals surface area contributed by atoms with Crippen molar-refractivity contribution in [1.82, 2.24) is 15.3 Å². The summed E-state index contributed by atoms with van der Waals surface area (Å²) < 4.78 is 0. The number of amides is 1. The molecule has 0 radical (unpaired) electrons. The van der Waals surface area contributed by atoms with E-state index in [9.17, 15) is 4.79 Å². The number of carbonyl (C=O) groups is 1. The summed E-state index contributed by atoms with van der Waals surface area (Å²) in [6.07, 6.45) is 6.16. The summed E-state index contributed by atoms with van der Waals surface area (Å²) in [5, 5.41) is 4.25. The molecule has 1 amide bonds. The Bertz CT molecular complexity index is 751. The molecular weight excluding hydrogens is 300 g/mol. The summed E-state index contributed by atoms with van der Waals surface area (Å²) in [7, 11) is 0. The molecular formula is C19H24N4O. The first-order valence-electron chi connectivity index (χ1n) is 8.95. The van der Waals surface area contributed by atoms with Crippen LogP contribution in [-0.4, -0.2) is 35.5 Å². The van der Waals surface area contributed by atoms with Crippen molar-refractivity contribution in [3.63, 3.8) is 0 Å². The highest BCUT2D eigenvalue weighted by atomic mass is 16.1. The van der Waals surface area contributed by atoms with E-state index in [1.165, 1.54) is 18.4 Å². The molecule has 1 N–H and O–H groups in total. The smallest absolute Gasteiger partial charge is 0.224 e. The van der Waals surface area contributed by atoms with Gasteiger partial charge in [0.05, 0.1) is 11.4 Å². The van der Waals surface area contributed by atoms with Gasteiger partial charge in [-0.15, -0.1) is 0 Å². The molecule has 1 aromatic heterocycles. The van der Waals surface area contributed by atoms with E-state index < -0.39 is 0 Å². The highest BCUT2D eigenvalue weighted by molar-refractivity contribution is 5.92. The monoisotopic (exact) mass is 324 g/mol. The Hall–Kier alpha value is -2.17. The third-order valence-corrected chi connectivity index (χ3v) is 5.20. The fourth-order valence-corrected chi connectivity index (χ4v) is 3.60. The summed E-state index contributed by atoms with van der Waals surface area (Å²) >= 11 is 0. The van der Waals surface area contributed by atoms with Gasteiger partial charge in [-0.2, -0.15) is 0 Å². The Morgan fingerprint density at radius 1 is 1.29 bits per heavy atom. The number of hydrogen-bond donors (Lipinski definition) is 1. The summed E-state index contributed by atoms with van der Waals surface area (Å²) in [6, 6.07) is 6.15. The van der Waals surface area contributed by atoms with Crippen molar-refractivity contribution in [3.8, 4) is 0 Å². The molecule has 1 aromatic carbocycles. The third-order valence-electron chi connectivity index (χ3n) is 5.20.